The molecular weight excluding hydrogens is 200 g/mol. The summed E-state index contributed by atoms with van der Waals surface area (Å²) in [6.45, 7) is 8.19. The van der Waals surface area contributed by atoms with Gasteiger partial charge in [-0.05, 0) is 25.2 Å². The summed E-state index contributed by atoms with van der Waals surface area (Å²) in [5, 5.41) is 3.61. The van der Waals surface area contributed by atoms with E-state index < -0.39 is 0 Å². The maximum absolute atomic E-state index is 12.3. The number of nitrogens with one attached hydrogen (secondary N) is 1. The van der Waals surface area contributed by atoms with Crippen molar-refractivity contribution in [2.45, 2.75) is 52.1 Å². The predicted octanol–water partition coefficient (Wildman–Crippen LogP) is 1.63. The number of hydrogen-bond donors (Lipinski definition) is 1. The second kappa shape index (κ2) is 4.74. The van der Waals surface area contributed by atoms with Gasteiger partial charge in [0, 0.05) is 31.1 Å². The highest BCUT2D eigenvalue weighted by Gasteiger charge is 2.32. The minimum Gasteiger partial charge on any atom is -0.341 e. The number of likely N-dealkylation sites (tertiary alicyclic amines) is 1. The lowest BCUT2D eigenvalue weighted by atomic mass is 9.96. The predicted molar refractivity (Wildman–Crippen MR) is 65.1 cm³/mol. The van der Waals surface area contributed by atoms with Crippen molar-refractivity contribution in [2.24, 2.45) is 11.8 Å². The fraction of sp³-hybridized carbons (Fsp3) is 0.923. The second-order valence-electron chi connectivity index (χ2n) is 5.74. The molecule has 1 N–H and O–H groups in total. The van der Waals surface area contributed by atoms with Crippen LogP contribution in [0.2, 0.25) is 0 Å². The maximum atomic E-state index is 12.3. The van der Waals surface area contributed by atoms with Gasteiger partial charge in [0.1, 0.15) is 0 Å². The molecule has 1 amide bonds. The van der Waals surface area contributed by atoms with Gasteiger partial charge in [-0.1, -0.05) is 20.8 Å². The Kier molecular flexibility index (Phi) is 3.53. The third kappa shape index (κ3) is 2.40. The Balaban J connectivity index is 1.96. The molecule has 0 aromatic heterocycles. The molecule has 2 aliphatic heterocycles. The molecule has 3 unspecified atom stereocenters. The van der Waals surface area contributed by atoms with Crippen LogP contribution in [0.4, 0.5) is 0 Å². The van der Waals surface area contributed by atoms with Gasteiger partial charge in [0.15, 0.2) is 0 Å². The zero-order valence-corrected chi connectivity index (χ0v) is 10.7. The van der Waals surface area contributed by atoms with Crippen molar-refractivity contribution < 1.29 is 4.79 Å². The van der Waals surface area contributed by atoms with Crippen LogP contribution in [0.3, 0.4) is 0 Å². The smallest absolute Gasteiger partial charge is 0.225 e. The quantitative estimate of drug-likeness (QED) is 0.773. The molecule has 3 heteroatoms. The molecule has 2 saturated heterocycles. The molecule has 0 aromatic carbocycles. The lowest BCUT2D eigenvalue weighted by Gasteiger charge is -2.28. The first-order chi connectivity index (χ1) is 7.58. The van der Waals surface area contributed by atoms with Gasteiger partial charge in [-0.25, -0.2) is 0 Å². The summed E-state index contributed by atoms with van der Waals surface area (Å²) in [6, 6.07) is 1.22. The van der Waals surface area contributed by atoms with Crippen molar-refractivity contribution in [3.8, 4) is 0 Å². The lowest BCUT2D eigenvalue weighted by Crippen LogP contribution is -2.42. The highest BCUT2D eigenvalue weighted by molar-refractivity contribution is 5.78. The van der Waals surface area contributed by atoms with E-state index >= 15 is 0 Å². The van der Waals surface area contributed by atoms with Crippen LogP contribution in [0.25, 0.3) is 0 Å². The molecule has 3 atom stereocenters. The summed E-state index contributed by atoms with van der Waals surface area (Å²) < 4.78 is 0. The molecule has 0 spiro atoms. The van der Waals surface area contributed by atoms with E-state index in [9.17, 15) is 4.79 Å². The van der Waals surface area contributed by atoms with Crippen LogP contribution in [-0.4, -0.2) is 36.0 Å². The van der Waals surface area contributed by atoms with Gasteiger partial charge in [0.25, 0.3) is 0 Å². The van der Waals surface area contributed by atoms with E-state index in [-0.39, 0.29) is 5.92 Å². The molecule has 2 rings (SSSR count). The zero-order valence-electron chi connectivity index (χ0n) is 10.7. The van der Waals surface area contributed by atoms with Crippen LogP contribution in [-0.2, 0) is 4.79 Å². The third-order valence-electron chi connectivity index (χ3n) is 4.22. The van der Waals surface area contributed by atoms with E-state index in [0.717, 1.165) is 19.5 Å². The van der Waals surface area contributed by atoms with Gasteiger partial charge >= 0.3 is 0 Å². The number of rotatable bonds is 2. The first-order valence-electron chi connectivity index (χ1n) is 6.62. The average Bonchev–Trinajstić information content (AvgIpc) is 2.56. The molecule has 2 fully saturated rings. The van der Waals surface area contributed by atoms with Crippen molar-refractivity contribution in [1.29, 1.82) is 0 Å². The van der Waals surface area contributed by atoms with Gasteiger partial charge in [-0.15, -0.1) is 0 Å². The largest absolute Gasteiger partial charge is 0.341 e. The Morgan fingerprint density at radius 1 is 1.19 bits per heavy atom. The Morgan fingerprint density at radius 2 is 1.88 bits per heavy atom. The van der Waals surface area contributed by atoms with E-state index in [4.69, 9.17) is 0 Å². The molecule has 0 aromatic rings. The molecule has 2 heterocycles. The fourth-order valence-electron chi connectivity index (χ4n) is 2.72. The minimum absolute atomic E-state index is 0.164. The van der Waals surface area contributed by atoms with Gasteiger partial charge < -0.3 is 10.2 Å². The van der Waals surface area contributed by atoms with Crippen LogP contribution in [0.1, 0.15) is 40.0 Å². The van der Waals surface area contributed by atoms with E-state index in [1.807, 2.05) is 0 Å². The molecule has 3 nitrogen and oxygen atoms in total. The summed E-state index contributed by atoms with van der Waals surface area (Å²) in [4.78, 5) is 14.4. The lowest BCUT2D eigenvalue weighted by molar-refractivity contribution is -0.136. The van der Waals surface area contributed by atoms with Crippen molar-refractivity contribution in [3.63, 3.8) is 0 Å². The van der Waals surface area contributed by atoms with E-state index in [1.165, 1.54) is 12.8 Å². The van der Waals surface area contributed by atoms with E-state index in [2.05, 4.69) is 31.0 Å². The van der Waals surface area contributed by atoms with Crippen LogP contribution in [0.15, 0.2) is 0 Å². The molecular formula is C13H24N2O. The van der Waals surface area contributed by atoms with Crippen molar-refractivity contribution in [3.05, 3.63) is 0 Å². The number of hydrogen-bond acceptors (Lipinski definition) is 2. The standard InChI is InChI=1S/C13H24N2O/c1-9(2)10(3)13(16)15-7-6-11-4-5-12(8-15)14-11/h9-12,14H,4-8H2,1-3H3. The van der Waals surface area contributed by atoms with Gasteiger partial charge in [0.2, 0.25) is 5.91 Å². The molecule has 2 bridgehead atoms. The SMILES string of the molecule is CC(C)C(C)C(=O)N1CCC2CCC(C1)N2. The number of carbonyl (C=O) groups excluding carboxylic acids is 1. The molecule has 0 radical (unpaired) electrons. The van der Waals surface area contributed by atoms with Crippen LogP contribution < -0.4 is 5.32 Å². The number of nitrogens with zero attached hydrogens (tertiary/aromatic N) is 1. The monoisotopic (exact) mass is 224 g/mol. The van der Waals surface area contributed by atoms with Crippen molar-refractivity contribution >= 4 is 5.91 Å². The molecule has 0 aliphatic carbocycles. The van der Waals surface area contributed by atoms with Crippen molar-refractivity contribution in [2.75, 3.05) is 13.1 Å². The summed E-state index contributed by atoms with van der Waals surface area (Å²) in [7, 11) is 0. The summed E-state index contributed by atoms with van der Waals surface area (Å²) in [5.41, 5.74) is 0. The number of carbonyl (C=O) groups is 1. The van der Waals surface area contributed by atoms with E-state index in [0.29, 0.717) is 23.9 Å². The Bertz CT molecular complexity index is 265. The molecule has 2 aliphatic rings. The van der Waals surface area contributed by atoms with Crippen molar-refractivity contribution in [1.82, 2.24) is 10.2 Å². The number of amides is 1. The number of fused-ring (bicyclic) bond motifs is 2. The van der Waals surface area contributed by atoms with E-state index in [1.54, 1.807) is 0 Å². The van der Waals surface area contributed by atoms with Gasteiger partial charge in [0.05, 0.1) is 0 Å². The Morgan fingerprint density at radius 3 is 2.56 bits per heavy atom. The van der Waals surface area contributed by atoms with Crippen LogP contribution in [0, 0.1) is 11.8 Å². The zero-order chi connectivity index (χ0) is 11.7. The molecule has 16 heavy (non-hydrogen) atoms. The average molecular weight is 224 g/mol. The Labute approximate surface area is 98.6 Å². The van der Waals surface area contributed by atoms with Crippen LogP contribution in [0.5, 0.6) is 0 Å². The topological polar surface area (TPSA) is 32.3 Å². The summed E-state index contributed by atoms with van der Waals surface area (Å²) in [6.07, 6.45) is 3.67. The summed E-state index contributed by atoms with van der Waals surface area (Å²) >= 11 is 0. The first-order valence-corrected chi connectivity index (χ1v) is 6.62. The third-order valence-corrected chi connectivity index (χ3v) is 4.22. The first kappa shape index (κ1) is 11.9. The summed E-state index contributed by atoms with van der Waals surface area (Å²) in [5.74, 6) is 0.960. The molecule has 92 valence electrons. The molecule has 0 saturated carbocycles. The van der Waals surface area contributed by atoms with Crippen LogP contribution >= 0.6 is 0 Å². The highest BCUT2D eigenvalue weighted by Crippen LogP contribution is 2.22. The second-order valence-corrected chi connectivity index (χ2v) is 5.74. The highest BCUT2D eigenvalue weighted by atomic mass is 16.2. The Hall–Kier alpha value is -0.570. The van der Waals surface area contributed by atoms with Gasteiger partial charge in [-0.2, -0.15) is 0 Å². The fourth-order valence-corrected chi connectivity index (χ4v) is 2.72. The minimum atomic E-state index is 0.164. The normalized spacial score (nSPS) is 31.6. The van der Waals surface area contributed by atoms with Gasteiger partial charge in [-0.3, -0.25) is 4.79 Å². The maximum Gasteiger partial charge on any atom is 0.225 e.